The van der Waals surface area contributed by atoms with E-state index in [9.17, 15) is 0 Å². The molecule has 0 saturated heterocycles. The van der Waals surface area contributed by atoms with Crippen molar-refractivity contribution in [3.05, 3.63) is 81.7 Å². The average Bonchev–Trinajstić information content (AvgIpc) is 2.87. The molecule has 0 radical (unpaired) electrons. The summed E-state index contributed by atoms with van der Waals surface area (Å²) in [4.78, 5) is 4.54. The first-order chi connectivity index (χ1) is 10.2. The van der Waals surface area contributed by atoms with E-state index in [0.29, 0.717) is 0 Å². The summed E-state index contributed by atoms with van der Waals surface area (Å²) in [6, 6.07) is 20.7. The first kappa shape index (κ1) is 14.1. The van der Waals surface area contributed by atoms with Crippen LogP contribution in [-0.2, 0) is 0 Å². The largest absolute Gasteiger partial charge is 0.321 e. The summed E-state index contributed by atoms with van der Waals surface area (Å²) in [5, 5.41) is 0. The number of nitrogens with zero attached hydrogens (tertiary/aromatic N) is 2. The van der Waals surface area contributed by atoms with Gasteiger partial charge in [-0.25, -0.2) is 0 Å². The molecular formula is C18H15IN2. The van der Waals surface area contributed by atoms with Crippen LogP contribution in [0.2, 0.25) is 0 Å². The third-order valence-electron chi connectivity index (χ3n) is 3.24. The van der Waals surface area contributed by atoms with Gasteiger partial charge in [-0.1, -0.05) is 24.3 Å². The lowest BCUT2D eigenvalue weighted by atomic mass is 10.3. The van der Waals surface area contributed by atoms with E-state index in [0.717, 1.165) is 11.3 Å². The Labute approximate surface area is 138 Å². The highest BCUT2D eigenvalue weighted by atomic mass is 127. The van der Waals surface area contributed by atoms with Crippen LogP contribution in [0.4, 0.5) is 5.69 Å². The Morgan fingerprint density at radius 2 is 1.81 bits per heavy atom. The molecule has 2 aromatic carbocycles. The highest BCUT2D eigenvalue weighted by molar-refractivity contribution is 14.1. The standard InChI is InChI=1S/C18H15IN2/c1-14-10-15(12-20-17-7-5-6-16(19)11-17)13-21(14)18-8-3-2-4-9-18/h2-13H,1H3. The Balaban J connectivity index is 1.88. The highest BCUT2D eigenvalue weighted by Crippen LogP contribution is 2.17. The maximum absolute atomic E-state index is 4.54. The average molecular weight is 386 g/mol. The van der Waals surface area contributed by atoms with Crippen molar-refractivity contribution in [3.63, 3.8) is 0 Å². The van der Waals surface area contributed by atoms with E-state index in [-0.39, 0.29) is 0 Å². The summed E-state index contributed by atoms with van der Waals surface area (Å²) < 4.78 is 3.37. The van der Waals surface area contributed by atoms with Gasteiger partial charge in [0.2, 0.25) is 0 Å². The Morgan fingerprint density at radius 1 is 1.00 bits per heavy atom. The Kier molecular flexibility index (Phi) is 4.20. The number of aryl methyl sites for hydroxylation is 1. The zero-order valence-corrected chi connectivity index (χ0v) is 13.9. The fourth-order valence-corrected chi connectivity index (χ4v) is 2.77. The SMILES string of the molecule is Cc1cc(C=Nc2cccc(I)c2)cn1-c1ccccc1. The fraction of sp³-hybridized carbons (Fsp3) is 0.0556. The molecule has 3 aromatic rings. The minimum Gasteiger partial charge on any atom is -0.321 e. The van der Waals surface area contributed by atoms with Crippen LogP contribution in [0.5, 0.6) is 0 Å². The molecule has 0 atom stereocenters. The molecule has 0 fully saturated rings. The normalized spacial score (nSPS) is 11.1. The number of aromatic nitrogens is 1. The number of aliphatic imine (C=N–C) groups is 1. The van der Waals surface area contributed by atoms with Gasteiger partial charge in [0.15, 0.2) is 0 Å². The summed E-state index contributed by atoms with van der Waals surface area (Å²) in [7, 11) is 0. The lowest BCUT2D eigenvalue weighted by molar-refractivity contribution is 1.02. The molecule has 21 heavy (non-hydrogen) atoms. The molecule has 0 amide bonds. The zero-order valence-electron chi connectivity index (χ0n) is 11.7. The quantitative estimate of drug-likeness (QED) is 0.438. The van der Waals surface area contributed by atoms with Crippen LogP contribution >= 0.6 is 22.6 Å². The summed E-state index contributed by atoms with van der Waals surface area (Å²) in [6.07, 6.45) is 4.03. The summed E-state index contributed by atoms with van der Waals surface area (Å²) in [6.45, 7) is 2.11. The second-order valence-corrected chi connectivity index (χ2v) is 6.10. The monoisotopic (exact) mass is 386 g/mol. The molecule has 3 rings (SSSR count). The number of rotatable bonds is 3. The minimum atomic E-state index is 0.979. The van der Waals surface area contributed by atoms with Crippen LogP contribution in [0.25, 0.3) is 5.69 Å². The number of hydrogen-bond acceptors (Lipinski definition) is 1. The minimum absolute atomic E-state index is 0.979. The van der Waals surface area contributed by atoms with Gasteiger partial charge in [0.1, 0.15) is 0 Å². The van der Waals surface area contributed by atoms with Gasteiger partial charge < -0.3 is 4.57 Å². The van der Waals surface area contributed by atoms with Crippen LogP contribution in [0.3, 0.4) is 0 Å². The molecule has 0 aliphatic rings. The van der Waals surface area contributed by atoms with Crippen molar-refractivity contribution in [3.8, 4) is 5.69 Å². The number of halogens is 1. The third-order valence-corrected chi connectivity index (χ3v) is 3.91. The van der Waals surface area contributed by atoms with Crippen molar-refractivity contribution in [1.29, 1.82) is 0 Å². The topological polar surface area (TPSA) is 17.3 Å². The molecule has 0 saturated carbocycles. The second kappa shape index (κ2) is 6.26. The van der Waals surface area contributed by atoms with E-state index < -0.39 is 0 Å². The third kappa shape index (κ3) is 3.42. The van der Waals surface area contributed by atoms with E-state index in [1.165, 1.54) is 15.0 Å². The van der Waals surface area contributed by atoms with Crippen LogP contribution in [0.15, 0.2) is 71.9 Å². The van der Waals surface area contributed by atoms with E-state index in [1.807, 2.05) is 24.4 Å². The predicted molar refractivity (Wildman–Crippen MR) is 96.9 cm³/mol. The first-order valence-electron chi connectivity index (χ1n) is 6.76. The van der Waals surface area contributed by atoms with Gasteiger partial charge in [-0.15, -0.1) is 0 Å². The zero-order chi connectivity index (χ0) is 14.7. The summed E-state index contributed by atoms with van der Waals surface area (Å²) >= 11 is 2.30. The molecule has 2 nitrogen and oxygen atoms in total. The lowest BCUT2D eigenvalue weighted by Crippen LogP contribution is -1.93. The number of benzene rings is 2. The number of hydrogen-bond donors (Lipinski definition) is 0. The van der Waals surface area contributed by atoms with Gasteiger partial charge in [0, 0.05) is 32.9 Å². The van der Waals surface area contributed by atoms with E-state index in [2.05, 4.69) is 87.7 Å². The molecule has 104 valence electrons. The number of para-hydroxylation sites is 1. The van der Waals surface area contributed by atoms with Gasteiger partial charge in [0.05, 0.1) is 5.69 Å². The highest BCUT2D eigenvalue weighted by Gasteiger charge is 2.02. The lowest BCUT2D eigenvalue weighted by Gasteiger charge is -2.04. The van der Waals surface area contributed by atoms with Gasteiger partial charge in [-0.2, -0.15) is 0 Å². The Morgan fingerprint density at radius 3 is 2.57 bits per heavy atom. The van der Waals surface area contributed by atoms with Crippen LogP contribution in [-0.4, -0.2) is 10.8 Å². The van der Waals surface area contributed by atoms with E-state index in [1.54, 1.807) is 0 Å². The maximum atomic E-state index is 4.54. The molecule has 3 heteroatoms. The van der Waals surface area contributed by atoms with Crippen molar-refractivity contribution in [2.24, 2.45) is 4.99 Å². The second-order valence-electron chi connectivity index (χ2n) is 4.86. The van der Waals surface area contributed by atoms with Gasteiger partial charge >= 0.3 is 0 Å². The van der Waals surface area contributed by atoms with Crippen molar-refractivity contribution in [1.82, 2.24) is 4.57 Å². The molecule has 1 aromatic heterocycles. The molecule has 0 aliphatic carbocycles. The molecule has 0 aliphatic heterocycles. The van der Waals surface area contributed by atoms with Crippen LogP contribution in [0.1, 0.15) is 11.3 Å². The maximum Gasteiger partial charge on any atom is 0.0640 e. The first-order valence-corrected chi connectivity index (χ1v) is 7.84. The van der Waals surface area contributed by atoms with Crippen molar-refractivity contribution in [2.45, 2.75) is 6.92 Å². The summed E-state index contributed by atoms with van der Waals surface area (Å²) in [5.41, 5.74) is 4.46. The van der Waals surface area contributed by atoms with Crippen LogP contribution < -0.4 is 0 Å². The van der Waals surface area contributed by atoms with E-state index in [4.69, 9.17) is 0 Å². The van der Waals surface area contributed by atoms with Gasteiger partial charge in [0.25, 0.3) is 0 Å². The van der Waals surface area contributed by atoms with E-state index >= 15 is 0 Å². The smallest absolute Gasteiger partial charge is 0.0640 e. The van der Waals surface area contributed by atoms with Gasteiger partial charge in [-0.05, 0) is 65.9 Å². The predicted octanol–water partition coefficient (Wildman–Crippen LogP) is 5.14. The Bertz CT molecular complexity index is 773. The molecule has 0 unspecified atom stereocenters. The fourth-order valence-electron chi connectivity index (χ4n) is 2.24. The molecule has 0 bridgehead atoms. The van der Waals surface area contributed by atoms with Crippen molar-refractivity contribution < 1.29 is 0 Å². The molecule has 0 N–H and O–H groups in total. The molecule has 0 spiro atoms. The van der Waals surface area contributed by atoms with Gasteiger partial charge in [-0.3, -0.25) is 4.99 Å². The van der Waals surface area contributed by atoms with Crippen LogP contribution in [0, 0.1) is 10.5 Å². The molecule has 1 heterocycles. The molecular weight excluding hydrogens is 371 g/mol. The Hall–Kier alpha value is -1.88. The van der Waals surface area contributed by atoms with Crippen molar-refractivity contribution in [2.75, 3.05) is 0 Å². The van der Waals surface area contributed by atoms with Crippen molar-refractivity contribution >= 4 is 34.5 Å². The summed E-state index contributed by atoms with van der Waals surface area (Å²) in [5.74, 6) is 0.